The van der Waals surface area contributed by atoms with Crippen molar-refractivity contribution in [2.75, 3.05) is 18.0 Å². The van der Waals surface area contributed by atoms with Gasteiger partial charge in [-0.15, -0.1) is 11.3 Å². The van der Waals surface area contributed by atoms with Crippen molar-refractivity contribution in [3.63, 3.8) is 0 Å². The van der Waals surface area contributed by atoms with Gasteiger partial charge in [-0.3, -0.25) is 9.79 Å². The number of carbonyl (C=O) groups is 1. The number of benzene rings is 1. The monoisotopic (exact) mass is 457 g/mol. The van der Waals surface area contributed by atoms with Gasteiger partial charge in [0.2, 0.25) is 0 Å². The Morgan fingerprint density at radius 2 is 1.93 bits per heavy atom. The van der Waals surface area contributed by atoms with Crippen molar-refractivity contribution < 1.29 is 18.0 Å². The normalized spacial score (nSPS) is 19.3. The predicted octanol–water partition coefficient (Wildman–Crippen LogP) is 4.45. The van der Waals surface area contributed by atoms with Gasteiger partial charge in [0.1, 0.15) is 11.4 Å². The lowest BCUT2D eigenvalue weighted by atomic mass is 9.88. The SMILES string of the molecule is O=C1NC(c2cccc(C(F)(F)F)c2)=NC12CCN(c1ccc(Br)s1)CC2. The number of halogens is 4. The van der Waals surface area contributed by atoms with E-state index >= 15 is 0 Å². The molecule has 3 heterocycles. The van der Waals surface area contributed by atoms with Crippen LogP contribution in [0.1, 0.15) is 24.0 Å². The molecular formula is C18H15BrF3N3OS. The number of amidine groups is 1. The van der Waals surface area contributed by atoms with Crippen LogP contribution in [0.4, 0.5) is 18.2 Å². The second-order valence-corrected chi connectivity index (χ2v) is 9.03. The topological polar surface area (TPSA) is 44.7 Å². The first-order valence-corrected chi connectivity index (χ1v) is 9.97. The van der Waals surface area contributed by atoms with E-state index in [-0.39, 0.29) is 17.3 Å². The lowest BCUT2D eigenvalue weighted by Crippen LogP contribution is -2.49. The van der Waals surface area contributed by atoms with Gasteiger partial charge in [0.05, 0.1) is 14.4 Å². The maximum Gasteiger partial charge on any atom is 0.416 e. The number of hydrogen-bond acceptors (Lipinski definition) is 4. The molecule has 1 saturated heterocycles. The fraction of sp³-hybridized carbons (Fsp3) is 0.333. The van der Waals surface area contributed by atoms with Crippen molar-refractivity contribution in [2.45, 2.75) is 24.6 Å². The van der Waals surface area contributed by atoms with Gasteiger partial charge in [0.15, 0.2) is 0 Å². The molecule has 1 N–H and O–H groups in total. The first-order chi connectivity index (χ1) is 12.8. The number of hydrogen-bond donors (Lipinski definition) is 1. The Labute approximate surface area is 166 Å². The number of rotatable bonds is 2. The van der Waals surface area contributed by atoms with Gasteiger partial charge in [-0.05, 0) is 53.0 Å². The highest BCUT2D eigenvalue weighted by molar-refractivity contribution is 9.11. The smallest absolute Gasteiger partial charge is 0.363 e. The predicted molar refractivity (Wildman–Crippen MR) is 102 cm³/mol. The van der Waals surface area contributed by atoms with Gasteiger partial charge in [-0.25, -0.2) is 0 Å². The van der Waals surface area contributed by atoms with Crippen molar-refractivity contribution in [3.8, 4) is 0 Å². The summed E-state index contributed by atoms with van der Waals surface area (Å²) in [5.74, 6) is -0.0136. The minimum absolute atomic E-state index is 0.221. The van der Waals surface area contributed by atoms with E-state index in [1.165, 1.54) is 12.1 Å². The van der Waals surface area contributed by atoms with Crippen molar-refractivity contribution in [1.29, 1.82) is 0 Å². The second kappa shape index (κ2) is 6.63. The zero-order valence-corrected chi connectivity index (χ0v) is 16.4. The Kier molecular flexibility index (Phi) is 4.54. The molecule has 1 amide bonds. The lowest BCUT2D eigenvalue weighted by molar-refractivity contribution is -0.137. The van der Waals surface area contributed by atoms with Crippen LogP contribution >= 0.6 is 27.3 Å². The van der Waals surface area contributed by atoms with E-state index in [4.69, 9.17) is 0 Å². The summed E-state index contributed by atoms with van der Waals surface area (Å²) in [4.78, 5) is 19.3. The molecule has 4 nitrogen and oxygen atoms in total. The summed E-state index contributed by atoms with van der Waals surface area (Å²) < 4.78 is 39.9. The number of nitrogens with zero attached hydrogens (tertiary/aromatic N) is 2. The zero-order chi connectivity index (χ0) is 19.2. The summed E-state index contributed by atoms with van der Waals surface area (Å²) in [7, 11) is 0. The fourth-order valence-electron chi connectivity index (χ4n) is 3.41. The molecule has 0 atom stereocenters. The van der Waals surface area contributed by atoms with Gasteiger partial charge in [-0.2, -0.15) is 13.2 Å². The molecule has 1 aromatic heterocycles. The van der Waals surface area contributed by atoms with Crippen molar-refractivity contribution in [2.24, 2.45) is 4.99 Å². The van der Waals surface area contributed by atoms with Gasteiger partial charge < -0.3 is 10.2 Å². The molecule has 0 bridgehead atoms. The highest BCUT2D eigenvalue weighted by Crippen LogP contribution is 2.37. The van der Waals surface area contributed by atoms with Crippen LogP contribution in [0, 0.1) is 0 Å². The van der Waals surface area contributed by atoms with Crippen LogP contribution in [0.5, 0.6) is 0 Å². The van der Waals surface area contributed by atoms with Crippen LogP contribution in [0.3, 0.4) is 0 Å². The molecule has 2 aliphatic heterocycles. The van der Waals surface area contributed by atoms with Crippen LogP contribution in [0.25, 0.3) is 0 Å². The summed E-state index contributed by atoms with van der Waals surface area (Å²) in [5, 5.41) is 3.81. The number of aliphatic imine (C=N–C) groups is 1. The van der Waals surface area contributed by atoms with Crippen molar-refractivity contribution >= 4 is 44.0 Å². The molecule has 27 heavy (non-hydrogen) atoms. The number of anilines is 1. The third-order valence-corrected chi connectivity index (χ3v) is 6.59. The first-order valence-electron chi connectivity index (χ1n) is 8.36. The summed E-state index contributed by atoms with van der Waals surface area (Å²) in [5.41, 5.74) is -1.37. The van der Waals surface area contributed by atoms with E-state index < -0.39 is 17.3 Å². The summed E-state index contributed by atoms with van der Waals surface area (Å²) >= 11 is 5.07. The van der Waals surface area contributed by atoms with Gasteiger partial charge in [-0.1, -0.05) is 12.1 Å². The average Bonchev–Trinajstić information content (AvgIpc) is 3.20. The maximum atomic E-state index is 13.0. The standard InChI is InChI=1S/C18H15BrF3N3OS/c19-13-4-5-14(27-13)25-8-6-17(7-9-25)16(26)23-15(24-17)11-2-1-3-12(10-11)18(20,21)22/h1-5,10H,6-9H2,(H,23,24,26). The molecule has 0 unspecified atom stereocenters. The minimum Gasteiger partial charge on any atom is -0.363 e. The average molecular weight is 458 g/mol. The highest BCUT2D eigenvalue weighted by atomic mass is 79.9. The molecule has 9 heteroatoms. The van der Waals surface area contributed by atoms with E-state index in [1.54, 1.807) is 11.3 Å². The molecule has 2 aromatic rings. The van der Waals surface area contributed by atoms with E-state index in [1.807, 2.05) is 12.1 Å². The van der Waals surface area contributed by atoms with Crippen LogP contribution in [-0.2, 0) is 11.0 Å². The second-order valence-electron chi connectivity index (χ2n) is 6.59. The van der Waals surface area contributed by atoms with E-state index in [2.05, 4.69) is 31.1 Å². The number of carbonyl (C=O) groups excluding carboxylic acids is 1. The Morgan fingerprint density at radius 1 is 1.19 bits per heavy atom. The van der Waals surface area contributed by atoms with Crippen molar-refractivity contribution in [1.82, 2.24) is 5.32 Å². The Morgan fingerprint density at radius 3 is 2.56 bits per heavy atom. The third-order valence-electron chi connectivity index (χ3n) is 4.91. The number of piperidine rings is 1. The lowest BCUT2D eigenvalue weighted by Gasteiger charge is -2.36. The van der Waals surface area contributed by atoms with Gasteiger partial charge >= 0.3 is 6.18 Å². The van der Waals surface area contributed by atoms with E-state index in [0.717, 1.165) is 20.9 Å². The third kappa shape index (κ3) is 3.50. The Balaban J connectivity index is 1.55. The van der Waals surface area contributed by atoms with Crippen LogP contribution in [0.15, 0.2) is 45.2 Å². The number of amides is 1. The molecule has 0 aliphatic carbocycles. The number of alkyl halides is 3. The summed E-state index contributed by atoms with van der Waals surface area (Å²) in [6.45, 7) is 1.33. The maximum absolute atomic E-state index is 13.0. The summed E-state index contributed by atoms with van der Waals surface area (Å²) in [6, 6.07) is 8.90. The number of nitrogens with one attached hydrogen (secondary N) is 1. The fourth-order valence-corrected chi connectivity index (χ4v) is 4.82. The van der Waals surface area contributed by atoms with Crippen molar-refractivity contribution in [3.05, 3.63) is 51.3 Å². The minimum atomic E-state index is -4.43. The van der Waals surface area contributed by atoms with E-state index in [9.17, 15) is 18.0 Å². The molecule has 1 fully saturated rings. The van der Waals surface area contributed by atoms with Crippen LogP contribution < -0.4 is 10.2 Å². The molecule has 2 aliphatic rings. The molecular weight excluding hydrogens is 443 g/mol. The molecule has 4 rings (SSSR count). The molecule has 1 aromatic carbocycles. The quantitative estimate of drug-likeness (QED) is 0.723. The van der Waals surface area contributed by atoms with Gasteiger partial charge in [0.25, 0.3) is 5.91 Å². The highest BCUT2D eigenvalue weighted by Gasteiger charge is 2.46. The first kappa shape index (κ1) is 18.5. The largest absolute Gasteiger partial charge is 0.416 e. The Hall–Kier alpha value is -1.87. The van der Waals surface area contributed by atoms with E-state index in [0.29, 0.717) is 25.9 Å². The molecule has 142 valence electrons. The Bertz CT molecular complexity index is 917. The van der Waals surface area contributed by atoms with Crippen LogP contribution in [0.2, 0.25) is 0 Å². The molecule has 1 spiro atoms. The molecule has 0 radical (unpaired) electrons. The number of thiophene rings is 1. The van der Waals surface area contributed by atoms with Crippen LogP contribution in [-0.4, -0.2) is 30.4 Å². The van der Waals surface area contributed by atoms with Gasteiger partial charge in [0, 0.05) is 18.7 Å². The molecule has 0 saturated carbocycles. The zero-order valence-electron chi connectivity index (χ0n) is 14.0. The summed E-state index contributed by atoms with van der Waals surface area (Å²) in [6.07, 6.45) is -3.38.